The van der Waals surface area contributed by atoms with Crippen LogP contribution in [0.15, 0.2) is 12.3 Å². The number of hydrogen-bond acceptors (Lipinski definition) is 4. The molecule has 1 aromatic rings. The van der Waals surface area contributed by atoms with Crippen LogP contribution in [-0.4, -0.2) is 54.6 Å². The first-order valence-electron chi connectivity index (χ1n) is 6.76. The summed E-state index contributed by atoms with van der Waals surface area (Å²) >= 11 is 0. The molecular formula is C13H24N4O. The van der Waals surface area contributed by atoms with E-state index >= 15 is 0 Å². The van der Waals surface area contributed by atoms with Gasteiger partial charge in [-0.15, -0.1) is 0 Å². The van der Waals surface area contributed by atoms with E-state index < -0.39 is 0 Å². The van der Waals surface area contributed by atoms with Crippen LogP contribution in [0, 0.1) is 0 Å². The molecule has 0 radical (unpaired) electrons. The maximum atomic E-state index is 5.91. The highest BCUT2D eigenvalue weighted by Gasteiger charge is 2.33. The van der Waals surface area contributed by atoms with Gasteiger partial charge < -0.3 is 10.1 Å². The van der Waals surface area contributed by atoms with Crippen molar-refractivity contribution < 1.29 is 4.74 Å². The topological polar surface area (TPSA) is 42.3 Å². The van der Waals surface area contributed by atoms with Crippen molar-refractivity contribution in [2.45, 2.75) is 32.0 Å². The van der Waals surface area contributed by atoms with Gasteiger partial charge in [-0.3, -0.25) is 9.58 Å². The van der Waals surface area contributed by atoms with Gasteiger partial charge in [-0.1, -0.05) is 6.92 Å². The zero-order chi connectivity index (χ0) is 13.0. The van der Waals surface area contributed by atoms with Crippen LogP contribution < -0.4 is 5.32 Å². The molecule has 5 heteroatoms. The third-order valence-electron chi connectivity index (χ3n) is 3.50. The lowest BCUT2D eigenvalue weighted by Gasteiger charge is -2.39. The molecule has 2 heterocycles. The first-order chi connectivity index (χ1) is 8.77. The Morgan fingerprint density at radius 1 is 1.56 bits per heavy atom. The highest BCUT2D eigenvalue weighted by atomic mass is 16.5. The summed E-state index contributed by atoms with van der Waals surface area (Å²) in [5.41, 5.74) is 1.26. The maximum Gasteiger partial charge on any atom is 0.0911 e. The molecular weight excluding hydrogens is 228 g/mol. The molecule has 0 amide bonds. The molecule has 0 aliphatic carbocycles. The number of rotatable bonds is 5. The van der Waals surface area contributed by atoms with Crippen molar-refractivity contribution in [3.63, 3.8) is 0 Å². The normalized spacial score (nSPS) is 25.5. The summed E-state index contributed by atoms with van der Waals surface area (Å²) in [6, 6.07) is 2.41. The van der Waals surface area contributed by atoms with Crippen molar-refractivity contribution in [2.24, 2.45) is 0 Å². The molecule has 18 heavy (non-hydrogen) atoms. The van der Waals surface area contributed by atoms with E-state index in [1.54, 1.807) is 0 Å². The Hall–Kier alpha value is -0.910. The highest BCUT2D eigenvalue weighted by molar-refractivity contribution is 5.11. The minimum atomic E-state index is 0.195. The van der Waals surface area contributed by atoms with E-state index in [0.717, 1.165) is 32.7 Å². The molecule has 1 aliphatic rings. The number of hydrogen-bond donors (Lipinski definition) is 1. The van der Waals surface area contributed by atoms with E-state index in [1.807, 2.05) is 13.2 Å². The molecule has 2 atom stereocenters. The number of nitrogens with one attached hydrogen (secondary N) is 1. The Kier molecular flexibility index (Phi) is 4.74. The minimum absolute atomic E-state index is 0.195. The standard InChI is InChI=1S/C13H24N4O/c1-4-7-17-11(5-6-15-17)13-12(10-14-2)18-9-8-16(13)3/h5-6,12-14H,4,7-10H2,1-3H3. The molecule has 1 saturated heterocycles. The second kappa shape index (κ2) is 6.31. The van der Waals surface area contributed by atoms with Gasteiger partial charge in [-0.2, -0.15) is 5.10 Å². The largest absolute Gasteiger partial charge is 0.374 e. The van der Waals surface area contributed by atoms with E-state index in [4.69, 9.17) is 4.74 Å². The summed E-state index contributed by atoms with van der Waals surface area (Å²) in [6.07, 6.45) is 3.19. The Labute approximate surface area is 109 Å². The SMILES string of the molecule is CCCn1nccc1C1C(CNC)OCCN1C. The van der Waals surface area contributed by atoms with Crippen LogP contribution in [0.5, 0.6) is 0 Å². The van der Waals surface area contributed by atoms with Crippen LogP contribution in [-0.2, 0) is 11.3 Å². The third-order valence-corrected chi connectivity index (χ3v) is 3.50. The average Bonchev–Trinajstić information content (AvgIpc) is 2.78. The van der Waals surface area contributed by atoms with Crippen molar-refractivity contribution in [2.75, 3.05) is 33.8 Å². The first kappa shape index (κ1) is 13.5. The number of nitrogens with zero attached hydrogens (tertiary/aromatic N) is 3. The lowest BCUT2D eigenvalue weighted by molar-refractivity contribution is -0.0633. The highest BCUT2D eigenvalue weighted by Crippen LogP contribution is 2.28. The zero-order valence-electron chi connectivity index (χ0n) is 11.6. The van der Waals surface area contributed by atoms with Crippen LogP contribution >= 0.6 is 0 Å². The quantitative estimate of drug-likeness (QED) is 0.845. The predicted molar refractivity (Wildman–Crippen MR) is 71.6 cm³/mol. The molecule has 0 bridgehead atoms. The molecule has 102 valence electrons. The fourth-order valence-electron chi connectivity index (χ4n) is 2.64. The number of ether oxygens (including phenoxy) is 1. The number of morpholine rings is 1. The van der Waals surface area contributed by atoms with Gasteiger partial charge in [0, 0.05) is 25.8 Å². The Bertz CT molecular complexity index is 364. The molecule has 1 fully saturated rings. The van der Waals surface area contributed by atoms with Gasteiger partial charge in [0.05, 0.1) is 24.4 Å². The molecule has 0 saturated carbocycles. The zero-order valence-corrected chi connectivity index (χ0v) is 11.6. The summed E-state index contributed by atoms with van der Waals surface area (Å²) < 4.78 is 8.02. The van der Waals surface area contributed by atoms with Gasteiger partial charge in [-0.05, 0) is 26.6 Å². The van der Waals surface area contributed by atoms with E-state index in [9.17, 15) is 0 Å². The van der Waals surface area contributed by atoms with Gasteiger partial charge in [-0.25, -0.2) is 0 Å². The third kappa shape index (κ3) is 2.74. The second-order valence-electron chi connectivity index (χ2n) is 4.87. The van der Waals surface area contributed by atoms with Crippen molar-refractivity contribution >= 4 is 0 Å². The van der Waals surface area contributed by atoms with Gasteiger partial charge in [0.1, 0.15) is 0 Å². The Morgan fingerprint density at radius 2 is 2.39 bits per heavy atom. The molecule has 1 aromatic heterocycles. The van der Waals surface area contributed by atoms with Crippen molar-refractivity contribution in [1.29, 1.82) is 0 Å². The van der Waals surface area contributed by atoms with Crippen molar-refractivity contribution in [1.82, 2.24) is 20.0 Å². The summed E-state index contributed by atoms with van der Waals surface area (Å²) in [6.45, 7) is 5.80. The van der Waals surface area contributed by atoms with Gasteiger partial charge in [0.2, 0.25) is 0 Å². The second-order valence-corrected chi connectivity index (χ2v) is 4.87. The molecule has 1 N–H and O–H groups in total. The fourth-order valence-corrected chi connectivity index (χ4v) is 2.64. The Morgan fingerprint density at radius 3 is 3.11 bits per heavy atom. The first-order valence-corrected chi connectivity index (χ1v) is 6.76. The van der Waals surface area contributed by atoms with E-state index in [2.05, 4.69) is 40.0 Å². The smallest absolute Gasteiger partial charge is 0.0911 e. The van der Waals surface area contributed by atoms with Crippen LogP contribution in [0.4, 0.5) is 0 Å². The van der Waals surface area contributed by atoms with Gasteiger partial charge in [0.25, 0.3) is 0 Å². The summed E-state index contributed by atoms with van der Waals surface area (Å²) in [7, 11) is 4.14. The lowest BCUT2D eigenvalue weighted by Crippen LogP contribution is -2.47. The predicted octanol–water partition coefficient (Wildman–Crippen LogP) is 0.884. The summed E-state index contributed by atoms with van der Waals surface area (Å²) in [5.74, 6) is 0. The van der Waals surface area contributed by atoms with E-state index in [0.29, 0.717) is 6.04 Å². The summed E-state index contributed by atoms with van der Waals surface area (Å²) in [4.78, 5) is 2.37. The van der Waals surface area contributed by atoms with Crippen molar-refractivity contribution in [3.8, 4) is 0 Å². The Balaban J connectivity index is 2.22. The van der Waals surface area contributed by atoms with Crippen LogP contribution in [0.2, 0.25) is 0 Å². The van der Waals surface area contributed by atoms with Crippen LogP contribution in [0.1, 0.15) is 25.1 Å². The van der Waals surface area contributed by atoms with Gasteiger partial charge in [0.15, 0.2) is 0 Å². The average molecular weight is 252 g/mol. The molecule has 0 spiro atoms. The minimum Gasteiger partial charge on any atom is -0.374 e. The van der Waals surface area contributed by atoms with Crippen LogP contribution in [0.25, 0.3) is 0 Å². The molecule has 2 rings (SSSR count). The van der Waals surface area contributed by atoms with Gasteiger partial charge >= 0.3 is 0 Å². The number of likely N-dealkylation sites (N-methyl/N-ethyl adjacent to an activating group) is 2. The monoisotopic (exact) mass is 252 g/mol. The molecule has 1 aliphatic heterocycles. The lowest BCUT2D eigenvalue weighted by atomic mass is 10.0. The molecule has 2 unspecified atom stereocenters. The van der Waals surface area contributed by atoms with Crippen molar-refractivity contribution in [3.05, 3.63) is 18.0 Å². The number of aryl methyl sites for hydroxylation is 1. The summed E-state index contributed by atoms with van der Waals surface area (Å²) in [5, 5.41) is 7.64. The van der Waals surface area contributed by atoms with E-state index in [-0.39, 0.29) is 6.10 Å². The maximum absolute atomic E-state index is 5.91. The fraction of sp³-hybridized carbons (Fsp3) is 0.769. The molecule has 0 aromatic carbocycles. The van der Waals surface area contributed by atoms with E-state index in [1.165, 1.54) is 5.69 Å². The molecule has 5 nitrogen and oxygen atoms in total. The van der Waals surface area contributed by atoms with Crippen LogP contribution in [0.3, 0.4) is 0 Å². The number of aromatic nitrogens is 2.